The Labute approximate surface area is 114 Å². The summed E-state index contributed by atoms with van der Waals surface area (Å²) in [6, 6.07) is 0.811. The van der Waals surface area contributed by atoms with E-state index in [4.69, 9.17) is 0 Å². The first-order valence-corrected chi connectivity index (χ1v) is 5.88. The van der Waals surface area contributed by atoms with Crippen molar-refractivity contribution < 1.29 is 19.1 Å². The maximum absolute atomic E-state index is 11.5. The summed E-state index contributed by atoms with van der Waals surface area (Å²) in [6.45, 7) is 0.562. The average Bonchev–Trinajstić information content (AvgIpc) is 2.45. The summed E-state index contributed by atoms with van der Waals surface area (Å²) in [6.07, 6.45) is 1.90. The SMILES string of the molecule is COC(=O)c1cnc(N2CCC2C(=O)OC)c(N=O)c1. The number of carbonyl (C=O) groups is 2. The maximum Gasteiger partial charge on any atom is 0.339 e. The van der Waals surface area contributed by atoms with Crippen molar-refractivity contribution in [3.8, 4) is 0 Å². The Morgan fingerprint density at radius 3 is 2.65 bits per heavy atom. The lowest BCUT2D eigenvalue weighted by atomic mass is 10.0. The molecule has 20 heavy (non-hydrogen) atoms. The summed E-state index contributed by atoms with van der Waals surface area (Å²) in [5.74, 6) is -0.747. The molecule has 1 aromatic heterocycles. The molecule has 0 amide bonds. The number of aromatic nitrogens is 1. The Morgan fingerprint density at radius 1 is 1.40 bits per heavy atom. The molecule has 1 fully saturated rings. The van der Waals surface area contributed by atoms with Crippen LogP contribution in [-0.4, -0.2) is 43.7 Å². The predicted molar refractivity (Wildman–Crippen MR) is 68.8 cm³/mol. The molecule has 0 spiro atoms. The second-order valence-electron chi connectivity index (χ2n) is 4.17. The van der Waals surface area contributed by atoms with Crippen molar-refractivity contribution in [2.24, 2.45) is 5.18 Å². The second kappa shape index (κ2) is 5.64. The van der Waals surface area contributed by atoms with Crippen LogP contribution in [0.3, 0.4) is 0 Å². The van der Waals surface area contributed by atoms with Gasteiger partial charge in [0.05, 0.1) is 19.8 Å². The van der Waals surface area contributed by atoms with E-state index in [-0.39, 0.29) is 17.1 Å². The number of anilines is 1. The third kappa shape index (κ3) is 2.31. The maximum atomic E-state index is 11.5. The molecule has 0 saturated carbocycles. The van der Waals surface area contributed by atoms with Crippen LogP contribution in [0.4, 0.5) is 11.5 Å². The van der Waals surface area contributed by atoms with Gasteiger partial charge in [0, 0.05) is 12.7 Å². The van der Waals surface area contributed by atoms with Gasteiger partial charge in [0.1, 0.15) is 6.04 Å². The van der Waals surface area contributed by atoms with E-state index in [0.717, 1.165) is 0 Å². The minimum Gasteiger partial charge on any atom is -0.467 e. The van der Waals surface area contributed by atoms with Gasteiger partial charge in [-0.05, 0) is 17.7 Å². The largest absolute Gasteiger partial charge is 0.467 e. The van der Waals surface area contributed by atoms with Crippen LogP contribution in [0.15, 0.2) is 17.4 Å². The molecule has 2 heterocycles. The van der Waals surface area contributed by atoms with E-state index in [1.165, 1.54) is 26.5 Å². The standard InChI is InChI=1S/C12H13N3O5/c1-19-11(16)7-5-8(14-18)10(13-6-7)15-4-3-9(15)12(17)20-2/h5-6,9H,3-4H2,1-2H3. The smallest absolute Gasteiger partial charge is 0.339 e. The fourth-order valence-corrected chi connectivity index (χ4v) is 1.99. The van der Waals surface area contributed by atoms with E-state index in [1.807, 2.05) is 0 Å². The Morgan fingerprint density at radius 2 is 2.15 bits per heavy atom. The third-order valence-corrected chi connectivity index (χ3v) is 3.13. The van der Waals surface area contributed by atoms with E-state index < -0.39 is 18.0 Å². The molecule has 0 radical (unpaired) electrons. The molecule has 1 atom stereocenters. The van der Waals surface area contributed by atoms with Gasteiger partial charge in [0.25, 0.3) is 0 Å². The van der Waals surface area contributed by atoms with Gasteiger partial charge >= 0.3 is 11.9 Å². The third-order valence-electron chi connectivity index (χ3n) is 3.13. The van der Waals surface area contributed by atoms with Gasteiger partial charge in [-0.3, -0.25) is 0 Å². The first-order valence-electron chi connectivity index (χ1n) is 5.88. The molecule has 1 aliphatic heterocycles. The second-order valence-corrected chi connectivity index (χ2v) is 4.17. The van der Waals surface area contributed by atoms with Gasteiger partial charge in [-0.1, -0.05) is 0 Å². The number of carbonyl (C=O) groups excluding carboxylic acids is 2. The van der Waals surface area contributed by atoms with Gasteiger partial charge in [-0.15, -0.1) is 4.91 Å². The summed E-state index contributed by atoms with van der Waals surface area (Å²) in [5, 5.41) is 2.86. The zero-order valence-electron chi connectivity index (χ0n) is 11.0. The lowest BCUT2D eigenvalue weighted by Gasteiger charge is -2.39. The zero-order chi connectivity index (χ0) is 14.7. The van der Waals surface area contributed by atoms with Gasteiger partial charge in [-0.25, -0.2) is 14.6 Å². The van der Waals surface area contributed by atoms with Crippen molar-refractivity contribution in [1.29, 1.82) is 0 Å². The molecule has 1 aliphatic rings. The van der Waals surface area contributed by atoms with Crippen molar-refractivity contribution in [3.05, 3.63) is 22.7 Å². The van der Waals surface area contributed by atoms with Crippen LogP contribution in [0.2, 0.25) is 0 Å². The predicted octanol–water partition coefficient (Wildman–Crippen LogP) is 1.02. The monoisotopic (exact) mass is 279 g/mol. The van der Waals surface area contributed by atoms with Crippen molar-refractivity contribution >= 4 is 23.4 Å². The van der Waals surface area contributed by atoms with Crippen LogP contribution in [0.5, 0.6) is 0 Å². The van der Waals surface area contributed by atoms with E-state index in [0.29, 0.717) is 13.0 Å². The summed E-state index contributed by atoms with van der Waals surface area (Å²) in [5.41, 5.74) is 0.113. The van der Waals surface area contributed by atoms with E-state index in [1.54, 1.807) is 4.90 Å². The minimum atomic E-state index is -0.609. The van der Waals surface area contributed by atoms with E-state index in [2.05, 4.69) is 19.6 Å². The number of ether oxygens (including phenoxy) is 2. The molecule has 0 aliphatic carbocycles. The molecule has 106 valence electrons. The summed E-state index contributed by atoms with van der Waals surface area (Å²) < 4.78 is 9.21. The van der Waals surface area contributed by atoms with Crippen LogP contribution in [0.1, 0.15) is 16.8 Å². The average molecular weight is 279 g/mol. The van der Waals surface area contributed by atoms with Gasteiger partial charge in [0.2, 0.25) is 0 Å². The zero-order valence-corrected chi connectivity index (χ0v) is 11.0. The highest BCUT2D eigenvalue weighted by molar-refractivity contribution is 5.91. The van der Waals surface area contributed by atoms with Crippen molar-refractivity contribution in [3.63, 3.8) is 0 Å². The number of hydrogen-bond acceptors (Lipinski definition) is 8. The fraction of sp³-hybridized carbons (Fsp3) is 0.417. The molecule has 0 N–H and O–H groups in total. The summed E-state index contributed by atoms with van der Waals surface area (Å²) in [4.78, 5) is 39.4. The quantitative estimate of drug-likeness (QED) is 0.599. The molecule has 8 nitrogen and oxygen atoms in total. The van der Waals surface area contributed by atoms with Crippen LogP contribution in [0.25, 0.3) is 0 Å². The topological polar surface area (TPSA) is 98.2 Å². The van der Waals surface area contributed by atoms with E-state index >= 15 is 0 Å². The van der Waals surface area contributed by atoms with Crippen LogP contribution >= 0.6 is 0 Å². The van der Waals surface area contributed by atoms with Crippen molar-refractivity contribution in [1.82, 2.24) is 4.98 Å². The normalized spacial score (nSPS) is 17.1. The highest BCUT2D eigenvalue weighted by atomic mass is 16.5. The van der Waals surface area contributed by atoms with Crippen molar-refractivity contribution in [2.45, 2.75) is 12.5 Å². The number of nitroso groups, excluding NO2 is 1. The Bertz CT molecular complexity index is 560. The van der Waals surface area contributed by atoms with E-state index in [9.17, 15) is 14.5 Å². The highest BCUT2D eigenvalue weighted by Crippen LogP contribution is 2.33. The van der Waals surface area contributed by atoms with Gasteiger partial charge < -0.3 is 14.4 Å². The number of rotatable bonds is 4. The summed E-state index contributed by atoms with van der Waals surface area (Å²) >= 11 is 0. The van der Waals surface area contributed by atoms with Gasteiger partial charge in [-0.2, -0.15) is 0 Å². The number of methoxy groups -OCH3 is 2. The Hall–Kier alpha value is -2.51. The summed E-state index contributed by atoms with van der Waals surface area (Å²) in [7, 11) is 2.53. The number of hydrogen-bond donors (Lipinski definition) is 0. The molecule has 0 bridgehead atoms. The van der Waals surface area contributed by atoms with Gasteiger partial charge in [0.15, 0.2) is 11.5 Å². The first-order chi connectivity index (χ1) is 9.62. The molecule has 1 saturated heterocycles. The van der Waals surface area contributed by atoms with Crippen LogP contribution < -0.4 is 4.90 Å². The van der Waals surface area contributed by atoms with Crippen LogP contribution in [-0.2, 0) is 14.3 Å². The molecular formula is C12H13N3O5. The lowest BCUT2D eigenvalue weighted by Crippen LogP contribution is -2.53. The number of nitrogens with zero attached hydrogens (tertiary/aromatic N) is 3. The molecule has 0 aromatic carbocycles. The molecule has 8 heteroatoms. The molecule has 2 rings (SSSR count). The fourth-order valence-electron chi connectivity index (χ4n) is 1.99. The highest BCUT2D eigenvalue weighted by Gasteiger charge is 2.37. The van der Waals surface area contributed by atoms with Crippen LogP contribution in [0, 0.1) is 4.91 Å². The number of pyridine rings is 1. The molecule has 1 unspecified atom stereocenters. The molecular weight excluding hydrogens is 266 g/mol. The first kappa shape index (κ1) is 13.9. The lowest BCUT2D eigenvalue weighted by molar-refractivity contribution is -0.143. The molecule has 1 aromatic rings. The number of esters is 2. The Kier molecular flexibility index (Phi) is 3.92. The van der Waals surface area contributed by atoms with Crippen molar-refractivity contribution in [2.75, 3.05) is 25.7 Å². The Balaban J connectivity index is 2.31. The minimum absolute atomic E-state index is 0.0125.